The molecule has 0 spiro atoms. The second-order valence-corrected chi connectivity index (χ2v) is 3.79. The fourth-order valence-corrected chi connectivity index (χ4v) is 1.46. The Labute approximate surface area is 93.6 Å². The molecule has 5 heteroatoms. The Morgan fingerprint density at radius 3 is 2.94 bits per heavy atom. The van der Waals surface area contributed by atoms with Crippen molar-refractivity contribution in [3.05, 3.63) is 24.3 Å². The maximum Gasteiger partial charge on any atom is 0.238 e. The third-order valence-corrected chi connectivity index (χ3v) is 2.69. The molecule has 0 aliphatic heterocycles. The van der Waals surface area contributed by atoms with Crippen LogP contribution in [0.5, 0.6) is 0 Å². The number of aromatic nitrogens is 2. The van der Waals surface area contributed by atoms with Crippen molar-refractivity contribution in [2.24, 2.45) is 5.73 Å². The molecule has 2 aromatic heterocycles. The number of furan rings is 1. The Kier molecular flexibility index (Phi) is 3.05. The van der Waals surface area contributed by atoms with Crippen LogP contribution in [-0.2, 0) is 0 Å². The van der Waals surface area contributed by atoms with Crippen LogP contribution < -0.4 is 5.73 Å². The highest BCUT2D eigenvalue weighted by molar-refractivity contribution is 5.44. The van der Waals surface area contributed by atoms with Gasteiger partial charge in [0.1, 0.15) is 0 Å². The molecular weight excluding hydrogens is 206 g/mol. The van der Waals surface area contributed by atoms with Gasteiger partial charge >= 0.3 is 0 Å². The molecule has 0 saturated heterocycles. The van der Waals surface area contributed by atoms with Crippen molar-refractivity contribution in [2.75, 3.05) is 0 Å². The Bertz CT molecular complexity index is 436. The van der Waals surface area contributed by atoms with E-state index in [1.54, 1.807) is 18.4 Å². The van der Waals surface area contributed by atoms with Crippen LogP contribution in [0.1, 0.15) is 32.1 Å². The molecule has 2 unspecified atom stereocenters. The molecule has 0 saturated carbocycles. The van der Waals surface area contributed by atoms with Crippen LogP contribution in [0.2, 0.25) is 0 Å². The molecule has 2 atom stereocenters. The van der Waals surface area contributed by atoms with Gasteiger partial charge in [-0.3, -0.25) is 0 Å². The molecule has 0 aliphatic rings. The van der Waals surface area contributed by atoms with E-state index >= 15 is 0 Å². The molecule has 0 radical (unpaired) electrons. The minimum atomic E-state index is 0.0323. The molecule has 0 bridgehead atoms. The molecule has 5 nitrogen and oxygen atoms in total. The van der Waals surface area contributed by atoms with Gasteiger partial charge in [-0.25, -0.2) is 0 Å². The Balaban J connectivity index is 2.20. The first-order valence-electron chi connectivity index (χ1n) is 5.35. The van der Waals surface area contributed by atoms with Crippen molar-refractivity contribution < 1.29 is 8.94 Å². The predicted octanol–water partition coefficient (Wildman–Crippen LogP) is 2.17. The number of nitrogens with zero attached hydrogens (tertiary/aromatic N) is 2. The van der Waals surface area contributed by atoms with E-state index in [9.17, 15) is 0 Å². The van der Waals surface area contributed by atoms with Crippen molar-refractivity contribution >= 4 is 0 Å². The lowest BCUT2D eigenvalue weighted by molar-refractivity contribution is 0.339. The van der Waals surface area contributed by atoms with E-state index in [2.05, 4.69) is 10.1 Å². The molecule has 0 amide bonds. The normalized spacial score (nSPS) is 14.9. The zero-order chi connectivity index (χ0) is 11.5. The summed E-state index contributed by atoms with van der Waals surface area (Å²) in [5.41, 5.74) is 5.93. The summed E-state index contributed by atoms with van der Waals surface area (Å²) < 4.78 is 10.4. The summed E-state index contributed by atoms with van der Waals surface area (Å²) in [5.74, 6) is 1.68. The maximum absolute atomic E-state index is 5.93. The lowest BCUT2D eigenvalue weighted by atomic mass is 10.0. The molecule has 0 aliphatic carbocycles. The standard InChI is InChI=1S/C11H15N3O2/c1-3-8(12)7(2)11-13-10(14-16-11)9-5-4-6-15-9/h4-8H,3,12H2,1-2H3. The lowest BCUT2D eigenvalue weighted by Crippen LogP contribution is -2.25. The predicted molar refractivity (Wildman–Crippen MR) is 58.7 cm³/mol. The molecule has 2 rings (SSSR count). The first-order valence-corrected chi connectivity index (χ1v) is 5.35. The summed E-state index contributed by atoms with van der Waals surface area (Å²) >= 11 is 0. The molecule has 2 heterocycles. The van der Waals surface area contributed by atoms with E-state index in [4.69, 9.17) is 14.7 Å². The van der Waals surface area contributed by atoms with E-state index in [1.165, 1.54) is 0 Å². The molecule has 2 N–H and O–H groups in total. The summed E-state index contributed by atoms with van der Waals surface area (Å²) in [7, 11) is 0. The van der Waals surface area contributed by atoms with Gasteiger partial charge in [-0.1, -0.05) is 19.0 Å². The molecule has 16 heavy (non-hydrogen) atoms. The number of rotatable bonds is 4. The van der Waals surface area contributed by atoms with Crippen LogP contribution in [0.15, 0.2) is 27.3 Å². The van der Waals surface area contributed by atoms with Crippen molar-refractivity contribution in [1.29, 1.82) is 0 Å². The minimum absolute atomic E-state index is 0.0323. The first-order chi connectivity index (χ1) is 7.72. The number of hydrogen-bond acceptors (Lipinski definition) is 5. The third-order valence-electron chi connectivity index (χ3n) is 2.69. The highest BCUT2D eigenvalue weighted by Gasteiger charge is 2.20. The van der Waals surface area contributed by atoms with Gasteiger partial charge in [-0.2, -0.15) is 4.98 Å². The van der Waals surface area contributed by atoms with Crippen LogP contribution in [0.3, 0.4) is 0 Å². The second-order valence-electron chi connectivity index (χ2n) is 3.79. The molecule has 86 valence electrons. The van der Waals surface area contributed by atoms with Crippen molar-refractivity contribution in [2.45, 2.75) is 32.2 Å². The summed E-state index contributed by atoms with van der Waals surface area (Å²) in [6, 6.07) is 3.61. The fraction of sp³-hybridized carbons (Fsp3) is 0.455. The fourth-order valence-electron chi connectivity index (χ4n) is 1.46. The summed E-state index contributed by atoms with van der Waals surface area (Å²) in [4.78, 5) is 4.27. The molecule has 0 aromatic carbocycles. The van der Waals surface area contributed by atoms with Crippen LogP contribution in [0.4, 0.5) is 0 Å². The van der Waals surface area contributed by atoms with Crippen molar-refractivity contribution in [1.82, 2.24) is 10.1 Å². The number of hydrogen-bond donors (Lipinski definition) is 1. The summed E-state index contributed by atoms with van der Waals surface area (Å²) in [6.07, 6.45) is 2.45. The topological polar surface area (TPSA) is 78.1 Å². The van der Waals surface area contributed by atoms with E-state index in [-0.39, 0.29) is 12.0 Å². The lowest BCUT2D eigenvalue weighted by Gasteiger charge is -2.12. The van der Waals surface area contributed by atoms with E-state index < -0.39 is 0 Å². The maximum atomic E-state index is 5.93. The van der Waals surface area contributed by atoms with E-state index in [0.717, 1.165) is 6.42 Å². The third kappa shape index (κ3) is 1.99. The van der Waals surface area contributed by atoms with E-state index in [1.807, 2.05) is 13.8 Å². The highest BCUT2D eigenvalue weighted by atomic mass is 16.5. The Hall–Kier alpha value is -1.62. The van der Waals surface area contributed by atoms with Gasteiger partial charge in [0.05, 0.1) is 12.2 Å². The molecular formula is C11H15N3O2. The van der Waals surface area contributed by atoms with Gasteiger partial charge in [-0.15, -0.1) is 0 Å². The smallest absolute Gasteiger partial charge is 0.238 e. The largest absolute Gasteiger partial charge is 0.461 e. The highest BCUT2D eigenvalue weighted by Crippen LogP contribution is 2.22. The summed E-state index contributed by atoms with van der Waals surface area (Å²) in [5, 5.41) is 3.86. The van der Waals surface area contributed by atoms with Gasteiger partial charge in [0.25, 0.3) is 0 Å². The van der Waals surface area contributed by atoms with Crippen LogP contribution >= 0.6 is 0 Å². The van der Waals surface area contributed by atoms with Crippen LogP contribution in [0, 0.1) is 0 Å². The zero-order valence-corrected chi connectivity index (χ0v) is 9.38. The van der Waals surface area contributed by atoms with Crippen LogP contribution in [-0.4, -0.2) is 16.2 Å². The number of nitrogens with two attached hydrogens (primary N) is 1. The Morgan fingerprint density at radius 1 is 1.50 bits per heavy atom. The molecule has 2 aromatic rings. The van der Waals surface area contributed by atoms with Crippen molar-refractivity contribution in [3.8, 4) is 11.6 Å². The van der Waals surface area contributed by atoms with Gasteiger partial charge < -0.3 is 14.7 Å². The average Bonchev–Trinajstić information content (AvgIpc) is 2.96. The average molecular weight is 221 g/mol. The zero-order valence-electron chi connectivity index (χ0n) is 9.38. The monoisotopic (exact) mass is 221 g/mol. The van der Waals surface area contributed by atoms with Gasteiger partial charge in [0.15, 0.2) is 5.76 Å². The minimum Gasteiger partial charge on any atom is -0.461 e. The van der Waals surface area contributed by atoms with Gasteiger partial charge in [0.2, 0.25) is 11.7 Å². The summed E-state index contributed by atoms with van der Waals surface area (Å²) in [6.45, 7) is 4.01. The van der Waals surface area contributed by atoms with E-state index in [0.29, 0.717) is 17.5 Å². The van der Waals surface area contributed by atoms with Gasteiger partial charge in [-0.05, 0) is 18.6 Å². The first kappa shape index (κ1) is 10.9. The molecule has 0 fully saturated rings. The van der Waals surface area contributed by atoms with Gasteiger partial charge in [0, 0.05) is 6.04 Å². The SMILES string of the molecule is CCC(N)C(C)c1nc(-c2ccco2)no1. The van der Waals surface area contributed by atoms with Crippen LogP contribution in [0.25, 0.3) is 11.6 Å². The second kappa shape index (κ2) is 4.49. The van der Waals surface area contributed by atoms with Crippen molar-refractivity contribution in [3.63, 3.8) is 0 Å². The quantitative estimate of drug-likeness (QED) is 0.856. The Morgan fingerprint density at radius 2 is 2.31 bits per heavy atom.